The van der Waals surface area contributed by atoms with Crippen LogP contribution in [-0.4, -0.2) is 38.8 Å². The smallest absolute Gasteiger partial charge is 0.408 e. The number of hydrogen-bond donors (Lipinski definition) is 2. The highest BCUT2D eigenvalue weighted by atomic mass is 16.6. The third kappa shape index (κ3) is 6.22. The van der Waals surface area contributed by atoms with E-state index in [4.69, 9.17) is 9.47 Å². The van der Waals surface area contributed by atoms with Gasteiger partial charge in [-0.2, -0.15) is 5.26 Å². The molecular weight excluding hydrogens is 418 g/mol. The number of nitrogens with zero attached hydrogens (tertiary/aromatic N) is 3. The number of H-pyrrole nitrogens is 1. The Hall–Kier alpha value is -3.60. The molecule has 0 aliphatic carbocycles. The molecule has 2 aromatic heterocycles. The van der Waals surface area contributed by atoms with Crippen molar-refractivity contribution >= 4 is 17.1 Å². The van der Waals surface area contributed by atoms with Gasteiger partial charge in [-0.05, 0) is 64.3 Å². The zero-order chi connectivity index (χ0) is 24.2. The number of carbonyl (C=O) groups excluding carboxylic acids is 1. The van der Waals surface area contributed by atoms with E-state index in [1.807, 2.05) is 39.8 Å². The Labute approximate surface area is 194 Å². The van der Waals surface area contributed by atoms with E-state index < -0.39 is 17.2 Å². The van der Waals surface area contributed by atoms with Crippen LogP contribution < -0.4 is 10.1 Å². The number of nitrogens with one attached hydrogen (secondary N) is 2. The van der Waals surface area contributed by atoms with Crippen molar-refractivity contribution in [3.63, 3.8) is 0 Å². The summed E-state index contributed by atoms with van der Waals surface area (Å²) in [5.41, 5.74) is 1.38. The molecule has 3 aromatic rings. The Morgan fingerprint density at radius 2 is 1.97 bits per heavy atom. The monoisotopic (exact) mass is 449 g/mol. The van der Waals surface area contributed by atoms with Crippen molar-refractivity contribution in [2.45, 2.75) is 59.1 Å². The molecule has 1 aromatic carbocycles. The van der Waals surface area contributed by atoms with Crippen LogP contribution in [0.2, 0.25) is 0 Å². The van der Waals surface area contributed by atoms with Crippen molar-refractivity contribution in [1.29, 1.82) is 5.26 Å². The largest absolute Gasteiger partial charge is 0.490 e. The van der Waals surface area contributed by atoms with Gasteiger partial charge in [0.2, 0.25) is 0 Å². The molecule has 0 saturated carbocycles. The summed E-state index contributed by atoms with van der Waals surface area (Å²) in [5.74, 6) is 0.759. The van der Waals surface area contributed by atoms with Crippen LogP contribution in [0.15, 0.2) is 36.8 Å². The fraction of sp³-hybridized carbons (Fsp3) is 0.440. The quantitative estimate of drug-likeness (QED) is 0.512. The summed E-state index contributed by atoms with van der Waals surface area (Å²) in [6.07, 6.45) is 3.48. The van der Waals surface area contributed by atoms with E-state index in [9.17, 15) is 10.1 Å². The van der Waals surface area contributed by atoms with E-state index >= 15 is 0 Å². The zero-order valence-corrected chi connectivity index (χ0v) is 20.0. The molecule has 0 spiro atoms. The van der Waals surface area contributed by atoms with Crippen molar-refractivity contribution in [2.75, 3.05) is 6.61 Å². The van der Waals surface area contributed by atoms with Crippen molar-refractivity contribution in [1.82, 2.24) is 20.3 Å². The van der Waals surface area contributed by atoms with Gasteiger partial charge in [-0.1, -0.05) is 13.8 Å². The molecule has 8 nitrogen and oxygen atoms in total. The molecule has 2 heterocycles. The molecule has 0 radical (unpaired) electrons. The Bertz CT molecular complexity index is 1170. The van der Waals surface area contributed by atoms with E-state index in [0.717, 1.165) is 22.3 Å². The molecule has 2 N–H and O–H groups in total. The lowest BCUT2D eigenvalue weighted by Gasteiger charge is -2.33. The maximum Gasteiger partial charge on any atom is 0.408 e. The van der Waals surface area contributed by atoms with Gasteiger partial charge < -0.3 is 19.8 Å². The average molecular weight is 450 g/mol. The molecule has 1 amide bonds. The van der Waals surface area contributed by atoms with E-state index in [1.54, 1.807) is 18.3 Å². The number of ether oxygens (including phenoxy) is 2. The predicted octanol–water partition coefficient (Wildman–Crippen LogP) is 5.20. The standard InChI is InChI=1S/C25H31N5O3/c1-16(2)12-25(6,30-23(31)33-24(3,4)5)14-32-20-8-7-17(11-18(20)13-26)21-19-9-10-27-22(19)29-15-28-21/h7-11,15-16H,12,14H2,1-6H3,(H,30,31)(H,27,28,29). The molecule has 33 heavy (non-hydrogen) atoms. The maximum atomic E-state index is 12.4. The molecule has 1 unspecified atom stereocenters. The number of amides is 1. The second kappa shape index (κ2) is 9.49. The van der Waals surface area contributed by atoms with Gasteiger partial charge in [-0.3, -0.25) is 0 Å². The van der Waals surface area contributed by atoms with Gasteiger partial charge >= 0.3 is 6.09 Å². The first-order valence-electron chi connectivity index (χ1n) is 11.0. The maximum absolute atomic E-state index is 12.4. The molecule has 0 bridgehead atoms. The van der Waals surface area contributed by atoms with Crippen LogP contribution in [-0.2, 0) is 4.74 Å². The number of carbonyl (C=O) groups is 1. The Balaban J connectivity index is 1.81. The van der Waals surface area contributed by atoms with E-state index in [1.165, 1.54) is 6.33 Å². The van der Waals surface area contributed by atoms with Gasteiger partial charge in [-0.15, -0.1) is 0 Å². The second-order valence-electron chi connectivity index (χ2n) is 9.86. The number of benzene rings is 1. The van der Waals surface area contributed by atoms with Gasteiger partial charge in [0.05, 0.1) is 16.8 Å². The summed E-state index contributed by atoms with van der Waals surface area (Å²) in [6, 6.07) is 9.50. The number of nitriles is 1. The summed E-state index contributed by atoms with van der Waals surface area (Å²) in [6.45, 7) is 11.7. The fourth-order valence-corrected chi connectivity index (χ4v) is 3.83. The third-order valence-corrected chi connectivity index (χ3v) is 4.94. The van der Waals surface area contributed by atoms with Gasteiger partial charge in [-0.25, -0.2) is 14.8 Å². The van der Waals surface area contributed by atoms with Crippen molar-refractivity contribution in [3.05, 3.63) is 42.4 Å². The van der Waals surface area contributed by atoms with Gasteiger partial charge in [0.25, 0.3) is 0 Å². The molecule has 0 fully saturated rings. The first-order valence-corrected chi connectivity index (χ1v) is 11.0. The van der Waals surface area contributed by atoms with E-state index in [0.29, 0.717) is 23.7 Å². The third-order valence-electron chi connectivity index (χ3n) is 4.94. The summed E-state index contributed by atoms with van der Waals surface area (Å²) >= 11 is 0. The molecule has 0 aliphatic rings. The number of aromatic nitrogens is 3. The fourth-order valence-electron chi connectivity index (χ4n) is 3.83. The van der Waals surface area contributed by atoms with Crippen molar-refractivity contribution < 1.29 is 14.3 Å². The zero-order valence-electron chi connectivity index (χ0n) is 20.0. The highest BCUT2D eigenvalue weighted by molar-refractivity contribution is 5.90. The predicted molar refractivity (Wildman–Crippen MR) is 127 cm³/mol. The Kier molecular flexibility index (Phi) is 6.92. The molecule has 3 rings (SSSR count). The van der Waals surface area contributed by atoms with Gasteiger partial charge in [0, 0.05) is 17.1 Å². The van der Waals surface area contributed by atoms with E-state index in [-0.39, 0.29) is 6.61 Å². The summed E-state index contributed by atoms with van der Waals surface area (Å²) in [4.78, 5) is 24.1. The van der Waals surface area contributed by atoms with E-state index in [2.05, 4.69) is 40.2 Å². The molecule has 0 saturated heterocycles. The topological polar surface area (TPSA) is 113 Å². The number of aromatic amines is 1. The minimum absolute atomic E-state index is 0.189. The second-order valence-corrected chi connectivity index (χ2v) is 9.86. The van der Waals surface area contributed by atoms with Crippen molar-refractivity contribution in [2.24, 2.45) is 5.92 Å². The van der Waals surface area contributed by atoms with Crippen LogP contribution in [0.4, 0.5) is 4.79 Å². The lowest BCUT2D eigenvalue weighted by molar-refractivity contribution is 0.0408. The summed E-state index contributed by atoms with van der Waals surface area (Å²) in [5, 5.41) is 13.6. The SMILES string of the molecule is CC(C)CC(C)(COc1ccc(-c2ncnc3[nH]ccc23)cc1C#N)NC(=O)OC(C)(C)C. The van der Waals surface area contributed by atoms with Crippen LogP contribution in [0.3, 0.4) is 0 Å². The first-order chi connectivity index (χ1) is 15.5. The summed E-state index contributed by atoms with van der Waals surface area (Å²) < 4.78 is 11.5. The van der Waals surface area contributed by atoms with Gasteiger partial charge in [0.1, 0.15) is 36.0 Å². The molecule has 0 aliphatic heterocycles. The Morgan fingerprint density at radius 3 is 2.64 bits per heavy atom. The van der Waals surface area contributed by atoms with Crippen LogP contribution in [0.25, 0.3) is 22.3 Å². The first kappa shape index (κ1) is 24.1. The number of alkyl carbamates (subject to hydrolysis) is 1. The minimum atomic E-state index is -0.675. The molecule has 174 valence electrons. The molecule has 1 atom stereocenters. The normalized spacial score (nSPS) is 13.4. The molecule has 8 heteroatoms. The number of fused-ring (bicyclic) bond motifs is 1. The average Bonchev–Trinajstić information content (AvgIpc) is 3.19. The minimum Gasteiger partial charge on any atom is -0.490 e. The number of hydrogen-bond acceptors (Lipinski definition) is 6. The molecular formula is C25H31N5O3. The van der Waals surface area contributed by atoms with Crippen molar-refractivity contribution in [3.8, 4) is 23.1 Å². The highest BCUT2D eigenvalue weighted by Gasteiger charge is 2.31. The lowest BCUT2D eigenvalue weighted by atomic mass is 9.91. The summed E-state index contributed by atoms with van der Waals surface area (Å²) in [7, 11) is 0. The Morgan fingerprint density at radius 1 is 1.21 bits per heavy atom. The number of rotatable bonds is 7. The van der Waals surface area contributed by atoms with Crippen LogP contribution in [0.1, 0.15) is 53.5 Å². The highest BCUT2D eigenvalue weighted by Crippen LogP contribution is 2.30. The lowest BCUT2D eigenvalue weighted by Crippen LogP contribution is -2.52. The van der Waals surface area contributed by atoms with Crippen LogP contribution in [0.5, 0.6) is 5.75 Å². The van der Waals surface area contributed by atoms with Crippen LogP contribution >= 0.6 is 0 Å². The van der Waals surface area contributed by atoms with Crippen LogP contribution in [0, 0.1) is 17.2 Å². The van der Waals surface area contributed by atoms with Gasteiger partial charge in [0.15, 0.2) is 0 Å².